The van der Waals surface area contributed by atoms with Gasteiger partial charge in [-0.25, -0.2) is 14.8 Å². The predicted molar refractivity (Wildman–Crippen MR) is 71.9 cm³/mol. The van der Waals surface area contributed by atoms with Crippen molar-refractivity contribution in [1.29, 1.82) is 0 Å². The summed E-state index contributed by atoms with van der Waals surface area (Å²) < 4.78 is 0. The third kappa shape index (κ3) is 1.80. The zero-order chi connectivity index (χ0) is 13.4. The lowest BCUT2D eigenvalue weighted by molar-refractivity contribution is 0.0699. The summed E-state index contributed by atoms with van der Waals surface area (Å²) >= 11 is 0. The van der Waals surface area contributed by atoms with E-state index in [2.05, 4.69) is 9.97 Å². The van der Waals surface area contributed by atoms with Crippen LogP contribution in [0.3, 0.4) is 0 Å². The van der Waals surface area contributed by atoms with Gasteiger partial charge in [-0.15, -0.1) is 0 Å². The summed E-state index contributed by atoms with van der Waals surface area (Å²) in [5.74, 6) is -1.01. The van der Waals surface area contributed by atoms with Crippen LogP contribution in [0.15, 0.2) is 36.4 Å². The standard InChI is InChI=1S/C14H11N3O2/c15-7-8-3-1-5-10-12(8)16-11-6-2-4-9(14(18)19)13(11)17-10/h1-6H,7,15H2,(H,18,19). The molecule has 0 saturated heterocycles. The number of aromatic nitrogens is 2. The minimum Gasteiger partial charge on any atom is -0.478 e. The lowest BCUT2D eigenvalue weighted by atomic mass is 10.1. The van der Waals surface area contributed by atoms with Gasteiger partial charge in [0, 0.05) is 6.54 Å². The van der Waals surface area contributed by atoms with Crippen molar-refractivity contribution in [3.05, 3.63) is 47.5 Å². The molecule has 0 bridgehead atoms. The molecule has 19 heavy (non-hydrogen) atoms. The maximum absolute atomic E-state index is 11.2. The number of carboxylic acid groups (broad SMARTS) is 1. The fourth-order valence-corrected chi connectivity index (χ4v) is 2.11. The molecule has 0 aliphatic heterocycles. The molecule has 94 valence electrons. The van der Waals surface area contributed by atoms with Crippen LogP contribution in [0.25, 0.3) is 22.1 Å². The lowest BCUT2D eigenvalue weighted by Gasteiger charge is -2.06. The van der Waals surface area contributed by atoms with Gasteiger partial charge in [0.25, 0.3) is 0 Å². The molecule has 3 N–H and O–H groups in total. The van der Waals surface area contributed by atoms with Crippen molar-refractivity contribution in [1.82, 2.24) is 9.97 Å². The molecule has 1 heterocycles. The summed E-state index contributed by atoms with van der Waals surface area (Å²) in [5, 5.41) is 9.17. The Labute approximate surface area is 108 Å². The van der Waals surface area contributed by atoms with Crippen LogP contribution in [-0.2, 0) is 6.54 Å². The van der Waals surface area contributed by atoms with E-state index in [1.165, 1.54) is 6.07 Å². The van der Waals surface area contributed by atoms with Crippen molar-refractivity contribution in [3.63, 3.8) is 0 Å². The molecule has 0 unspecified atom stereocenters. The molecule has 0 atom stereocenters. The second-order valence-electron chi connectivity index (χ2n) is 4.19. The first-order valence-corrected chi connectivity index (χ1v) is 5.82. The normalized spacial score (nSPS) is 11.0. The van der Waals surface area contributed by atoms with E-state index in [1.54, 1.807) is 18.2 Å². The topological polar surface area (TPSA) is 89.1 Å². The molecule has 0 amide bonds. The van der Waals surface area contributed by atoms with Crippen molar-refractivity contribution in [2.75, 3.05) is 0 Å². The number of rotatable bonds is 2. The van der Waals surface area contributed by atoms with Crippen molar-refractivity contribution in [2.45, 2.75) is 6.54 Å². The molecule has 0 aliphatic carbocycles. The maximum atomic E-state index is 11.2. The highest BCUT2D eigenvalue weighted by atomic mass is 16.4. The number of fused-ring (bicyclic) bond motifs is 2. The van der Waals surface area contributed by atoms with Gasteiger partial charge in [0.15, 0.2) is 0 Å². The van der Waals surface area contributed by atoms with Gasteiger partial charge in [0.2, 0.25) is 0 Å². The highest BCUT2D eigenvalue weighted by Gasteiger charge is 2.12. The van der Waals surface area contributed by atoms with Gasteiger partial charge in [-0.05, 0) is 23.8 Å². The second kappa shape index (κ2) is 4.29. The van der Waals surface area contributed by atoms with E-state index in [9.17, 15) is 4.79 Å². The molecule has 3 aromatic rings. The van der Waals surface area contributed by atoms with Crippen LogP contribution >= 0.6 is 0 Å². The Morgan fingerprint density at radius 2 is 1.68 bits per heavy atom. The second-order valence-corrected chi connectivity index (χ2v) is 4.19. The van der Waals surface area contributed by atoms with Gasteiger partial charge in [0.05, 0.1) is 22.1 Å². The summed E-state index contributed by atoms with van der Waals surface area (Å²) in [7, 11) is 0. The van der Waals surface area contributed by atoms with Crippen molar-refractivity contribution < 1.29 is 9.90 Å². The van der Waals surface area contributed by atoms with Gasteiger partial charge in [-0.1, -0.05) is 18.2 Å². The largest absolute Gasteiger partial charge is 0.478 e. The van der Waals surface area contributed by atoms with E-state index in [-0.39, 0.29) is 5.56 Å². The fourth-order valence-electron chi connectivity index (χ4n) is 2.11. The molecule has 0 saturated carbocycles. The van der Waals surface area contributed by atoms with Gasteiger partial charge in [0.1, 0.15) is 5.52 Å². The molecular weight excluding hydrogens is 242 g/mol. The number of hydrogen-bond acceptors (Lipinski definition) is 4. The fraction of sp³-hybridized carbons (Fsp3) is 0.0714. The minimum absolute atomic E-state index is 0.157. The number of carbonyl (C=O) groups is 1. The average Bonchev–Trinajstić information content (AvgIpc) is 2.43. The minimum atomic E-state index is -1.01. The van der Waals surface area contributed by atoms with Gasteiger partial charge >= 0.3 is 5.97 Å². The number of para-hydroxylation sites is 2. The Kier molecular flexibility index (Phi) is 2.61. The van der Waals surface area contributed by atoms with Crippen LogP contribution in [0.4, 0.5) is 0 Å². The smallest absolute Gasteiger partial charge is 0.337 e. The molecule has 5 nitrogen and oxygen atoms in total. The first kappa shape index (κ1) is 11.6. The Balaban J connectivity index is 2.45. The summed E-state index contributed by atoms with van der Waals surface area (Å²) in [5.41, 5.74) is 9.07. The quantitative estimate of drug-likeness (QED) is 0.681. The first-order chi connectivity index (χ1) is 9.20. The summed E-state index contributed by atoms with van der Waals surface area (Å²) in [4.78, 5) is 20.1. The molecule has 0 spiro atoms. The molecule has 1 aromatic heterocycles. The van der Waals surface area contributed by atoms with Crippen LogP contribution in [0.1, 0.15) is 15.9 Å². The zero-order valence-electron chi connectivity index (χ0n) is 10.00. The van der Waals surface area contributed by atoms with E-state index in [1.807, 2.05) is 12.1 Å². The van der Waals surface area contributed by atoms with Crippen molar-refractivity contribution in [2.24, 2.45) is 5.73 Å². The van der Waals surface area contributed by atoms with E-state index in [4.69, 9.17) is 10.8 Å². The molecule has 2 aromatic carbocycles. The molecular formula is C14H11N3O2. The van der Waals surface area contributed by atoms with Gasteiger partial charge in [-0.2, -0.15) is 0 Å². The summed E-state index contributed by atoms with van der Waals surface area (Å²) in [6.45, 7) is 0.371. The van der Waals surface area contributed by atoms with E-state index in [0.717, 1.165) is 11.1 Å². The molecule has 5 heteroatoms. The number of benzene rings is 2. The van der Waals surface area contributed by atoms with Gasteiger partial charge < -0.3 is 10.8 Å². The Morgan fingerprint density at radius 3 is 2.37 bits per heavy atom. The number of hydrogen-bond donors (Lipinski definition) is 2. The molecule has 0 radical (unpaired) electrons. The van der Waals surface area contributed by atoms with E-state index >= 15 is 0 Å². The highest BCUT2D eigenvalue weighted by molar-refractivity contribution is 6.02. The Hall–Kier alpha value is -2.53. The number of nitrogens with two attached hydrogens (primary N) is 1. The lowest BCUT2D eigenvalue weighted by Crippen LogP contribution is -2.02. The first-order valence-electron chi connectivity index (χ1n) is 5.82. The van der Waals surface area contributed by atoms with Crippen molar-refractivity contribution in [3.8, 4) is 0 Å². The van der Waals surface area contributed by atoms with Crippen LogP contribution in [0, 0.1) is 0 Å². The van der Waals surface area contributed by atoms with Gasteiger partial charge in [-0.3, -0.25) is 0 Å². The predicted octanol–water partition coefficient (Wildman–Crippen LogP) is 1.94. The molecule has 0 aliphatic rings. The third-order valence-electron chi connectivity index (χ3n) is 3.03. The maximum Gasteiger partial charge on any atom is 0.337 e. The van der Waals surface area contributed by atoms with Crippen LogP contribution < -0.4 is 5.73 Å². The Bertz CT molecular complexity index is 799. The van der Waals surface area contributed by atoms with Crippen LogP contribution in [0.5, 0.6) is 0 Å². The number of nitrogens with zero attached hydrogens (tertiary/aromatic N) is 2. The Morgan fingerprint density at radius 1 is 1.05 bits per heavy atom. The van der Waals surface area contributed by atoms with Crippen LogP contribution in [0.2, 0.25) is 0 Å². The molecule has 0 fully saturated rings. The van der Waals surface area contributed by atoms with Crippen LogP contribution in [-0.4, -0.2) is 21.0 Å². The van der Waals surface area contributed by atoms with Crippen molar-refractivity contribution >= 4 is 28.0 Å². The monoisotopic (exact) mass is 253 g/mol. The highest BCUT2D eigenvalue weighted by Crippen LogP contribution is 2.21. The number of aromatic carboxylic acids is 1. The van der Waals surface area contributed by atoms with E-state index in [0.29, 0.717) is 23.1 Å². The number of carboxylic acids is 1. The average molecular weight is 253 g/mol. The molecule has 3 rings (SSSR count). The summed E-state index contributed by atoms with van der Waals surface area (Å²) in [6, 6.07) is 10.5. The summed E-state index contributed by atoms with van der Waals surface area (Å²) in [6.07, 6.45) is 0. The third-order valence-corrected chi connectivity index (χ3v) is 3.03. The SMILES string of the molecule is NCc1cccc2nc3c(C(=O)O)cccc3nc12. The zero-order valence-corrected chi connectivity index (χ0v) is 10.00. The van der Waals surface area contributed by atoms with E-state index < -0.39 is 5.97 Å².